The molecule has 4 rings (SSSR count). The summed E-state index contributed by atoms with van der Waals surface area (Å²) < 4.78 is 16.3. The fraction of sp³-hybridized carbons (Fsp3) is 0.136. The number of benzene rings is 1. The number of pyridine rings is 2. The lowest BCUT2D eigenvalue weighted by Crippen LogP contribution is -1.99. The number of nitrogens with two attached hydrogens (primary N) is 2. The van der Waals surface area contributed by atoms with E-state index in [9.17, 15) is 0 Å². The van der Waals surface area contributed by atoms with Gasteiger partial charge in [0.2, 0.25) is 5.88 Å². The van der Waals surface area contributed by atoms with E-state index in [0.717, 1.165) is 22.7 Å². The van der Waals surface area contributed by atoms with Crippen LogP contribution in [0.1, 0.15) is 17.0 Å². The number of rotatable bonds is 7. The monoisotopic (exact) mass is 403 g/mol. The summed E-state index contributed by atoms with van der Waals surface area (Å²) in [5.41, 5.74) is 14.9. The third kappa shape index (κ3) is 4.49. The van der Waals surface area contributed by atoms with Gasteiger partial charge in [-0.2, -0.15) is 0 Å². The van der Waals surface area contributed by atoms with Crippen LogP contribution < -0.4 is 20.9 Å². The number of methoxy groups -OCH3 is 1. The number of aromatic nitrogens is 3. The van der Waals surface area contributed by atoms with Crippen molar-refractivity contribution >= 4 is 11.6 Å². The van der Waals surface area contributed by atoms with Gasteiger partial charge in [-0.05, 0) is 35.9 Å². The minimum absolute atomic E-state index is 0.310. The summed E-state index contributed by atoms with van der Waals surface area (Å²) in [5, 5.41) is 4.13. The maximum atomic E-state index is 5.91. The van der Waals surface area contributed by atoms with E-state index in [-0.39, 0.29) is 0 Å². The third-order valence-electron chi connectivity index (χ3n) is 4.46. The van der Waals surface area contributed by atoms with Crippen LogP contribution in [0.3, 0.4) is 0 Å². The lowest BCUT2D eigenvalue weighted by atomic mass is 10.1. The van der Waals surface area contributed by atoms with Crippen LogP contribution in [0.4, 0.5) is 11.6 Å². The number of anilines is 2. The first-order chi connectivity index (χ1) is 14.6. The fourth-order valence-corrected chi connectivity index (χ4v) is 2.94. The largest absolute Gasteiger partial charge is 0.487 e. The van der Waals surface area contributed by atoms with Crippen molar-refractivity contribution in [2.75, 3.05) is 18.6 Å². The molecule has 0 amide bonds. The highest BCUT2D eigenvalue weighted by molar-refractivity contribution is 5.71. The van der Waals surface area contributed by atoms with Crippen molar-refractivity contribution in [2.45, 2.75) is 13.0 Å². The molecule has 0 saturated heterocycles. The predicted octanol–water partition coefficient (Wildman–Crippen LogP) is 3.47. The van der Waals surface area contributed by atoms with Crippen LogP contribution in [0.2, 0.25) is 0 Å². The Hall–Kier alpha value is -4.07. The summed E-state index contributed by atoms with van der Waals surface area (Å²) in [6.45, 7) is 0.361. The molecule has 152 valence electrons. The van der Waals surface area contributed by atoms with Crippen LogP contribution in [0.25, 0.3) is 11.3 Å². The Morgan fingerprint density at radius 3 is 2.53 bits per heavy atom. The molecule has 0 bridgehead atoms. The van der Waals surface area contributed by atoms with Crippen molar-refractivity contribution in [1.29, 1.82) is 0 Å². The van der Waals surface area contributed by atoms with Crippen molar-refractivity contribution in [2.24, 2.45) is 0 Å². The zero-order chi connectivity index (χ0) is 20.9. The summed E-state index contributed by atoms with van der Waals surface area (Å²) in [7, 11) is 1.59. The first-order valence-corrected chi connectivity index (χ1v) is 9.30. The number of hydrogen-bond acceptors (Lipinski definition) is 8. The van der Waals surface area contributed by atoms with E-state index < -0.39 is 0 Å². The number of hydrogen-bond donors (Lipinski definition) is 2. The maximum Gasteiger partial charge on any atom is 0.213 e. The second kappa shape index (κ2) is 8.52. The van der Waals surface area contributed by atoms with E-state index in [0.29, 0.717) is 41.9 Å². The summed E-state index contributed by atoms with van der Waals surface area (Å²) >= 11 is 0. The first-order valence-electron chi connectivity index (χ1n) is 9.30. The Morgan fingerprint density at radius 2 is 1.77 bits per heavy atom. The highest BCUT2D eigenvalue weighted by Gasteiger charge is 2.11. The smallest absolute Gasteiger partial charge is 0.213 e. The van der Waals surface area contributed by atoms with Crippen molar-refractivity contribution in [1.82, 2.24) is 15.1 Å². The molecular weight excluding hydrogens is 382 g/mol. The average molecular weight is 403 g/mol. The minimum Gasteiger partial charge on any atom is -0.487 e. The predicted molar refractivity (Wildman–Crippen MR) is 113 cm³/mol. The molecule has 0 atom stereocenters. The topological polar surface area (TPSA) is 122 Å². The molecule has 3 heterocycles. The number of ether oxygens (including phenoxy) is 2. The van der Waals surface area contributed by atoms with Gasteiger partial charge in [0.1, 0.15) is 24.0 Å². The van der Waals surface area contributed by atoms with Gasteiger partial charge in [-0.25, -0.2) is 9.97 Å². The molecule has 0 aliphatic rings. The molecular formula is C22H21N5O3. The van der Waals surface area contributed by atoms with E-state index in [1.54, 1.807) is 25.3 Å². The molecule has 3 aromatic heterocycles. The van der Waals surface area contributed by atoms with Crippen LogP contribution in [-0.4, -0.2) is 22.2 Å². The molecule has 0 aliphatic carbocycles. The van der Waals surface area contributed by atoms with Crippen molar-refractivity contribution in [3.8, 4) is 23.0 Å². The van der Waals surface area contributed by atoms with Crippen LogP contribution in [0.5, 0.6) is 11.6 Å². The van der Waals surface area contributed by atoms with Gasteiger partial charge in [0.25, 0.3) is 0 Å². The summed E-state index contributed by atoms with van der Waals surface area (Å²) in [4.78, 5) is 8.38. The third-order valence-corrected chi connectivity index (χ3v) is 4.46. The number of nitrogen functional groups attached to an aromatic ring is 2. The number of nitrogens with zero attached hydrogens (tertiary/aromatic N) is 3. The van der Waals surface area contributed by atoms with Crippen molar-refractivity contribution in [3.63, 3.8) is 0 Å². The summed E-state index contributed by atoms with van der Waals surface area (Å²) in [6.07, 6.45) is 0.615. The van der Waals surface area contributed by atoms with E-state index >= 15 is 0 Å². The molecule has 4 aromatic rings. The lowest BCUT2D eigenvalue weighted by molar-refractivity contribution is 0.298. The molecule has 8 nitrogen and oxygen atoms in total. The normalized spacial score (nSPS) is 10.7. The van der Waals surface area contributed by atoms with Gasteiger partial charge in [0.15, 0.2) is 5.76 Å². The quantitative estimate of drug-likeness (QED) is 0.481. The molecule has 30 heavy (non-hydrogen) atoms. The molecule has 0 aliphatic heterocycles. The standard InChI is InChI=1S/C22H21N5O3/c1-28-21-4-2-3-15(25-21)13-29-17-7-5-14(6-8-17)11-16-12-19(30-27-16)18-9-10-20(23)26-22(18)24/h2-10,12H,11,13H2,1H3,(H4,23,24,26). The summed E-state index contributed by atoms with van der Waals surface area (Å²) in [5.74, 6) is 2.55. The fourth-order valence-electron chi connectivity index (χ4n) is 2.94. The van der Waals surface area contributed by atoms with Gasteiger partial charge in [0, 0.05) is 18.6 Å². The molecule has 1 aromatic carbocycles. The zero-order valence-electron chi connectivity index (χ0n) is 16.4. The SMILES string of the molecule is COc1cccc(COc2ccc(Cc3cc(-c4ccc(N)nc4N)on3)cc2)n1. The molecule has 0 radical (unpaired) electrons. The molecule has 0 fully saturated rings. The highest BCUT2D eigenvalue weighted by atomic mass is 16.5. The Morgan fingerprint density at radius 1 is 0.933 bits per heavy atom. The Labute approximate surface area is 173 Å². The minimum atomic E-state index is 0.310. The Balaban J connectivity index is 1.38. The van der Waals surface area contributed by atoms with Gasteiger partial charge in [-0.3, -0.25) is 0 Å². The molecule has 8 heteroatoms. The van der Waals surface area contributed by atoms with Crippen LogP contribution >= 0.6 is 0 Å². The Kier molecular flexibility index (Phi) is 5.47. The van der Waals surface area contributed by atoms with Gasteiger partial charge in [-0.1, -0.05) is 23.4 Å². The Bertz CT molecular complexity index is 1140. The van der Waals surface area contributed by atoms with E-state index in [4.69, 9.17) is 25.5 Å². The van der Waals surface area contributed by atoms with Gasteiger partial charge in [-0.15, -0.1) is 0 Å². The second-order valence-corrected chi connectivity index (χ2v) is 6.63. The highest BCUT2D eigenvalue weighted by Crippen LogP contribution is 2.27. The maximum absolute atomic E-state index is 5.91. The second-order valence-electron chi connectivity index (χ2n) is 6.63. The molecule has 0 unspecified atom stereocenters. The van der Waals surface area contributed by atoms with E-state index in [1.165, 1.54) is 0 Å². The molecule has 4 N–H and O–H groups in total. The first kappa shape index (κ1) is 19.3. The zero-order valence-corrected chi connectivity index (χ0v) is 16.4. The van der Waals surface area contributed by atoms with E-state index in [2.05, 4.69) is 15.1 Å². The van der Waals surface area contributed by atoms with Gasteiger partial charge >= 0.3 is 0 Å². The average Bonchev–Trinajstić information content (AvgIpc) is 3.21. The van der Waals surface area contributed by atoms with Gasteiger partial charge < -0.3 is 25.5 Å². The van der Waals surface area contributed by atoms with E-state index in [1.807, 2.05) is 42.5 Å². The van der Waals surface area contributed by atoms with Gasteiger partial charge in [0.05, 0.1) is 24.1 Å². The van der Waals surface area contributed by atoms with Crippen LogP contribution in [-0.2, 0) is 13.0 Å². The lowest BCUT2D eigenvalue weighted by Gasteiger charge is -2.07. The molecule has 0 spiro atoms. The van der Waals surface area contributed by atoms with Crippen LogP contribution in [0.15, 0.2) is 65.2 Å². The molecule has 0 saturated carbocycles. The van der Waals surface area contributed by atoms with Crippen molar-refractivity contribution in [3.05, 3.63) is 77.6 Å². The summed E-state index contributed by atoms with van der Waals surface area (Å²) in [6, 6.07) is 18.7. The van der Waals surface area contributed by atoms with Crippen LogP contribution in [0, 0.1) is 0 Å². The van der Waals surface area contributed by atoms with Crippen molar-refractivity contribution < 1.29 is 14.0 Å².